The van der Waals surface area contributed by atoms with Gasteiger partial charge in [-0.2, -0.15) is 0 Å². The van der Waals surface area contributed by atoms with Crippen molar-refractivity contribution < 1.29 is 4.42 Å². The van der Waals surface area contributed by atoms with Gasteiger partial charge in [-0.1, -0.05) is 0 Å². The summed E-state index contributed by atoms with van der Waals surface area (Å²) in [6.07, 6.45) is 7.82. The minimum Gasteiger partial charge on any atom is -0.472 e. The lowest BCUT2D eigenvalue weighted by Crippen LogP contribution is -2.48. The molecule has 0 aromatic carbocycles. The topological polar surface area (TPSA) is 52.0 Å². The van der Waals surface area contributed by atoms with Crippen LogP contribution < -0.4 is 5.73 Å². The minimum absolute atomic E-state index is 0.0156. The summed E-state index contributed by atoms with van der Waals surface area (Å²) in [5.74, 6) is 0. The van der Waals surface area contributed by atoms with Crippen LogP contribution in [-0.4, -0.2) is 10.5 Å². The molecule has 1 saturated carbocycles. The van der Waals surface area contributed by atoms with Crippen LogP contribution in [0.1, 0.15) is 25.0 Å². The predicted octanol–water partition coefficient (Wildman–Crippen LogP) is 2.83. The first kappa shape index (κ1) is 10.1. The van der Waals surface area contributed by atoms with E-state index in [-0.39, 0.29) is 5.54 Å². The highest BCUT2D eigenvalue weighted by molar-refractivity contribution is 7.13. The van der Waals surface area contributed by atoms with E-state index >= 15 is 0 Å². The third-order valence-electron chi connectivity index (χ3n) is 3.20. The molecule has 1 aliphatic carbocycles. The summed E-state index contributed by atoms with van der Waals surface area (Å²) in [5.41, 5.74) is 8.39. The number of thiazole rings is 1. The van der Waals surface area contributed by atoms with Gasteiger partial charge in [-0.3, -0.25) is 0 Å². The zero-order valence-corrected chi connectivity index (χ0v) is 9.80. The number of hydrogen-bond donors (Lipinski definition) is 1. The van der Waals surface area contributed by atoms with Gasteiger partial charge in [-0.05, 0) is 25.3 Å². The van der Waals surface area contributed by atoms with Gasteiger partial charge in [-0.15, -0.1) is 11.3 Å². The van der Waals surface area contributed by atoms with Crippen molar-refractivity contribution in [2.24, 2.45) is 5.73 Å². The van der Waals surface area contributed by atoms with E-state index in [1.54, 1.807) is 23.9 Å². The fourth-order valence-corrected chi connectivity index (χ4v) is 2.88. The highest BCUT2D eigenvalue weighted by atomic mass is 32.1. The molecule has 0 radical (unpaired) electrons. The van der Waals surface area contributed by atoms with E-state index in [9.17, 15) is 0 Å². The van der Waals surface area contributed by atoms with Crippen LogP contribution in [0, 0.1) is 0 Å². The quantitative estimate of drug-likeness (QED) is 0.888. The van der Waals surface area contributed by atoms with Crippen molar-refractivity contribution in [3.63, 3.8) is 0 Å². The van der Waals surface area contributed by atoms with Crippen molar-refractivity contribution in [3.8, 4) is 10.6 Å². The van der Waals surface area contributed by atoms with E-state index in [0.29, 0.717) is 0 Å². The molecule has 2 N–H and O–H groups in total. The molecular formula is C12H14N2OS. The maximum atomic E-state index is 6.21. The molecule has 2 aromatic rings. The van der Waals surface area contributed by atoms with Gasteiger partial charge in [0.15, 0.2) is 0 Å². The number of furan rings is 1. The molecular weight excluding hydrogens is 220 g/mol. The largest absolute Gasteiger partial charge is 0.472 e. The molecule has 0 unspecified atom stereocenters. The molecule has 0 bridgehead atoms. The monoisotopic (exact) mass is 234 g/mol. The summed E-state index contributed by atoms with van der Waals surface area (Å²) >= 11 is 1.66. The molecule has 4 heteroatoms. The molecule has 0 spiro atoms. The highest BCUT2D eigenvalue weighted by Gasteiger charge is 2.33. The minimum atomic E-state index is 0.0156. The normalized spacial score (nSPS) is 18.3. The maximum Gasteiger partial charge on any atom is 0.126 e. The molecule has 2 aromatic heterocycles. The van der Waals surface area contributed by atoms with Crippen molar-refractivity contribution in [1.29, 1.82) is 0 Å². The van der Waals surface area contributed by atoms with Gasteiger partial charge < -0.3 is 10.2 Å². The third-order valence-corrected chi connectivity index (χ3v) is 4.14. The van der Waals surface area contributed by atoms with Crippen molar-refractivity contribution >= 4 is 11.3 Å². The van der Waals surface area contributed by atoms with Crippen molar-refractivity contribution in [3.05, 3.63) is 29.7 Å². The zero-order valence-electron chi connectivity index (χ0n) is 8.98. The Balaban J connectivity index is 1.78. The Morgan fingerprint density at radius 1 is 1.50 bits per heavy atom. The number of rotatable bonds is 3. The Morgan fingerprint density at radius 2 is 2.38 bits per heavy atom. The van der Waals surface area contributed by atoms with Crippen LogP contribution in [0.15, 0.2) is 28.4 Å². The van der Waals surface area contributed by atoms with Crippen molar-refractivity contribution in [2.75, 3.05) is 0 Å². The lowest BCUT2D eigenvalue weighted by molar-refractivity contribution is 0.246. The van der Waals surface area contributed by atoms with Crippen molar-refractivity contribution in [1.82, 2.24) is 4.98 Å². The van der Waals surface area contributed by atoms with E-state index in [1.807, 2.05) is 6.07 Å². The lowest BCUT2D eigenvalue weighted by atomic mass is 9.75. The van der Waals surface area contributed by atoms with E-state index < -0.39 is 0 Å². The Labute approximate surface area is 98.3 Å². The fourth-order valence-electron chi connectivity index (χ4n) is 2.08. The molecule has 3 rings (SSSR count). The number of nitrogens with two attached hydrogens (primary N) is 1. The molecule has 0 saturated heterocycles. The second-order valence-electron chi connectivity index (χ2n) is 4.55. The average molecular weight is 234 g/mol. The van der Waals surface area contributed by atoms with Gasteiger partial charge in [-0.25, -0.2) is 4.98 Å². The standard InChI is InChI=1S/C12H14N2OS/c13-12(3-1-4-12)6-10-8-16-11(14-10)9-2-5-15-7-9/h2,5,7-8H,1,3-4,6,13H2. The summed E-state index contributed by atoms with van der Waals surface area (Å²) in [6, 6.07) is 1.93. The smallest absolute Gasteiger partial charge is 0.126 e. The Hall–Kier alpha value is -1.13. The van der Waals surface area contributed by atoms with E-state index in [0.717, 1.165) is 35.5 Å². The van der Waals surface area contributed by atoms with Crippen molar-refractivity contribution in [2.45, 2.75) is 31.2 Å². The fraction of sp³-hybridized carbons (Fsp3) is 0.417. The summed E-state index contributed by atoms with van der Waals surface area (Å²) in [7, 11) is 0. The first-order valence-electron chi connectivity index (χ1n) is 5.51. The zero-order chi connectivity index (χ0) is 11.0. The van der Waals surface area contributed by atoms with Crippen LogP contribution in [0.2, 0.25) is 0 Å². The van der Waals surface area contributed by atoms with Gasteiger partial charge in [0.2, 0.25) is 0 Å². The van der Waals surface area contributed by atoms with Gasteiger partial charge in [0.1, 0.15) is 11.3 Å². The summed E-state index contributed by atoms with van der Waals surface area (Å²) in [5, 5.41) is 3.13. The molecule has 16 heavy (non-hydrogen) atoms. The number of nitrogens with zero attached hydrogens (tertiary/aromatic N) is 1. The van der Waals surface area contributed by atoms with Crippen LogP contribution in [0.5, 0.6) is 0 Å². The van der Waals surface area contributed by atoms with E-state index in [2.05, 4.69) is 10.4 Å². The average Bonchev–Trinajstić information content (AvgIpc) is 2.83. The first-order valence-corrected chi connectivity index (χ1v) is 6.39. The highest BCUT2D eigenvalue weighted by Crippen LogP contribution is 2.33. The number of aromatic nitrogens is 1. The molecule has 0 amide bonds. The van der Waals surface area contributed by atoms with Crippen LogP contribution >= 0.6 is 11.3 Å². The van der Waals surface area contributed by atoms with Gasteiger partial charge >= 0.3 is 0 Å². The van der Waals surface area contributed by atoms with Gasteiger partial charge in [0.25, 0.3) is 0 Å². The van der Waals surface area contributed by atoms with Gasteiger partial charge in [0, 0.05) is 22.9 Å². The molecule has 0 atom stereocenters. The Bertz CT molecular complexity index is 471. The van der Waals surface area contributed by atoms with Crippen LogP contribution in [0.3, 0.4) is 0 Å². The van der Waals surface area contributed by atoms with Gasteiger partial charge in [0.05, 0.1) is 12.0 Å². The van der Waals surface area contributed by atoms with Crippen LogP contribution in [0.25, 0.3) is 10.6 Å². The number of hydrogen-bond acceptors (Lipinski definition) is 4. The molecule has 1 aliphatic rings. The molecule has 0 aliphatic heterocycles. The second kappa shape index (κ2) is 3.71. The first-order chi connectivity index (χ1) is 7.75. The summed E-state index contributed by atoms with van der Waals surface area (Å²) < 4.78 is 5.05. The maximum absolute atomic E-state index is 6.21. The second-order valence-corrected chi connectivity index (χ2v) is 5.41. The Kier molecular flexibility index (Phi) is 2.33. The van der Waals surface area contributed by atoms with E-state index in [1.165, 1.54) is 6.42 Å². The SMILES string of the molecule is NC1(Cc2csc(-c3ccoc3)n2)CCC1. The molecule has 84 valence electrons. The predicted molar refractivity (Wildman–Crippen MR) is 64.3 cm³/mol. The summed E-state index contributed by atoms with van der Waals surface area (Å²) in [4.78, 5) is 4.60. The molecule has 3 nitrogen and oxygen atoms in total. The van der Waals surface area contributed by atoms with E-state index in [4.69, 9.17) is 10.2 Å². The lowest BCUT2D eigenvalue weighted by Gasteiger charge is -2.37. The van der Waals surface area contributed by atoms with Crippen LogP contribution in [-0.2, 0) is 6.42 Å². The molecule has 1 fully saturated rings. The summed E-state index contributed by atoms with van der Waals surface area (Å²) in [6.45, 7) is 0. The van der Waals surface area contributed by atoms with Crippen LogP contribution in [0.4, 0.5) is 0 Å². The Morgan fingerprint density at radius 3 is 3.00 bits per heavy atom. The molecule has 2 heterocycles. The third kappa shape index (κ3) is 1.79.